The molecule has 0 amide bonds. The third-order valence-corrected chi connectivity index (χ3v) is 3.75. The van der Waals surface area contributed by atoms with Crippen molar-refractivity contribution in [2.24, 2.45) is 0 Å². The van der Waals surface area contributed by atoms with Crippen molar-refractivity contribution < 1.29 is 9.90 Å². The predicted molar refractivity (Wildman–Crippen MR) is 107 cm³/mol. The van der Waals surface area contributed by atoms with E-state index in [9.17, 15) is 4.79 Å². The Hall–Kier alpha value is -1.10. The first kappa shape index (κ1) is 25.1. The van der Waals surface area contributed by atoms with E-state index < -0.39 is 5.97 Å². The molecule has 0 atom stereocenters. The number of unbranched alkanes of at least 4 members (excludes halogenated alkanes) is 10. The van der Waals surface area contributed by atoms with Gasteiger partial charge in [-0.15, -0.1) is 17.0 Å². The van der Waals surface area contributed by atoms with Crippen LogP contribution >= 0.6 is 17.0 Å². The van der Waals surface area contributed by atoms with Crippen molar-refractivity contribution in [3.63, 3.8) is 0 Å². The molecule has 140 valence electrons. The number of carboxylic acid groups (broad SMARTS) is 1. The number of hydrogen-bond acceptors (Lipinski definition) is 2. The maximum Gasteiger partial charge on any atom is 0.330 e. The molecule has 1 rings (SSSR count). The summed E-state index contributed by atoms with van der Waals surface area (Å²) in [6, 6.07) is 0. The summed E-state index contributed by atoms with van der Waals surface area (Å²) in [6.07, 6.45) is 21.1. The van der Waals surface area contributed by atoms with Gasteiger partial charge < -0.3 is 10.1 Å². The van der Waals surface area contributed by atoms with E-state index in [2.05, 4.69) is 16.9 Å². The molecule has 0 unspecified atom stereocenters. The van der Waals surface area contributed by atoms with Crippen LogP contribution in [0.2, 0.25) is 0 Å². The zero-order valence-electron chi connectivity index (χ0n) is 15.3. The van der Waals surface area contributed by atoms with Crippen molar-refractivity contribution in [2.45, 2.75) is 84.5 Å². The van der Waals surface area contributed by atoms with Crippen molar-refractivity contribution in [3.8, 4) is 0 Å². The number of aliphatic carboxylic acids is 1. The van der Waals surface area contributed by atoms with E-state index in [1.165, 1.54) is 57.8 Å². The van der Waals surface area contributed by atoms with Crippen LogP contribution < -0.4 is 0 Å². The van der Waals surface area contributed by atoms with E-state index in [1.54, 1.807) is 25.6 Å². The van der Waals surface area contributed by atoms with Gasteiger partial charge in [-0.05, 0) is 19.8 Å². The van der Waals surface area contributed by atoms with Gasteiger partial charge in [0.2, 0.25) is 0 Å². The average Bonchev–Trinajstić information content (AvgIpc) is 3.12. The van der Waals surface area contributed by atoms with Crippen LogP contribution in [0.25, 0.3) is 0 Å². The normalized spacial score (nSPS) is 10.5. The maximum atomic E-state index is 10.5. The Morgan fingerprint density at radius 1 is 1.04 bits per heavy atom. The molecule has 0 aromatic carbocycles. The second-order valence-corrected chi connectivity index (χ2v) is 5.92. The molecule has 1 aromatic heterocycles. The predicted octanol–water partition coefficient (Wildman–Crippen LogP) is 6.32. The molecule has 4 nitrogen and oxygen atoms in total. The lowest BCUT2D eigenvalue weighted by molar-refractivity contribution is -0.132. The summed E-state index contributed by atoms with van der Waals surface area (Å²) in [5.74, 6) is -0.790. The minimum atomic E-state index is -0.790. The van der Waals surface area contributed by atoms with E-state index in [1.807, 2.05) is 6.08 Å². The van der Waals surface area contributed by atoms with E-state index in [-0.39, 0.29) is 17.0 Å². The monoisotopic (exact) mass is 402 g/mol. The highest BCUT2D eigenvalue weighted by molar-refractivity contribution is 8.93. The first-order chi connectivity index (χ1) is 11.2. The number of H-pyrrole nitrogens is 1. The molecule has 5 heteroatoms. The van der Waals surface area contributed by atoms with Crippen molar-refractivity contribution in [1.29, 1.82) is 0 Å². The molecular weight excluding hydrogens is 368 g/mol. The number of carboxylic acids is 1. The van der Waals surface area contributed by atoms with Crippen molar-refractivity contribution in [2.75, 3.05) is 0 Å². The molecule has 1 heterocycles. The number of hydrogen-bond donors (Lipinski definition) is 2. The van der Waals surface area contributed by atoms with Crippen LogP contribution in [0.3, 0.4) is 0 Å². The molecule has 0 bridgehead atoms. The lowest BCUT2D eigenvalue weighted by Gasteiger charge is -2.01. The molecule has 0 saturated heterocycles. The Bertz CT molecular complexity index is 375. The Labute approximate surface area is 157 Å². The summed E-state index contributed by atoms with van der Waals surface area (Å²) < 4.78 is 0. The molecular formula is C19H35BrN2O2. The summed E-state index contributed by atoms with van der Waals surface area (Å²) in [4.78, 5) is 17.0. The molecule has 1 aromatic rings. The Morgan fingerprint density at radius 3 is 1.96 bits per heavy atom. The van der Waals surface area contributed by atoms with Gasteiger partial charge in [-0.2, -0.15) is 0 Å². The van der Waals surface area contributed by atoms with Crippen LogP contribution in [0.4, 0.5) is 0 Å². The second kappa shape index (κ2) is 19.9. The molecule has 2 N–H and O–H groups in total. The topological polar surface area (TPSA) is 66.0 Å². The summed E-state index contributed by atoms with van der Waals surface area (Å²) in [6.45, 7) is 3.92. The maximum absolute atomic E-state index is 10.5. The van der Waals surface area contributed by atoms with Gasteiger partial charge in [0, 0.05) is 18.0 Å². The number of halogens is 1. The third-order valence-electron chi connectivity index (χ3n) is 3.75. The van der Waals surface area contributed by atoms with Gasteiger partial charge in [0.15, 0.2) is 0 Å². The van der Waals surface area contributed by atoms with E-state index >= 15 is 0 Å². The summed E-state index contributed by atoms with van der Waals surface area (Å²) in [7, 11) is 0. The van der Waals surface area contributed by atoms with Crippen LogP contribution in [0.15, 0.2) is 30.4 Å². The highest BCUT2D eigenvalue weighted by atomic mass is 79.9. The lowest BCUT2D eigenvalue weighted by Crippen LogP contribution is -1.95. The molecule has 0 fully saturated rings. The molecule has 0 aliphatic rings. The van der Waals surface area contributed by atoms with Gasteiger partial charge in [0.05, 0.1) is 6.33 Å². The summed E-state index contributed by atoms with van der Waals surface area (Å²) in [5.41, 5.74) is 0.478. The number of aromatic nitrogens is 2. The molecule has 0 aliphatic heterocycles. The number of nitrogens with zero attached hydrogens (tertiary/aromatic N) is 1. The average molecular weight is 403 g/mol. The van der Waals surface area contributed by atoms with E-state index in [4.69, 9.17) is 5.11 Å². The van der Waals surface area contributed by atoms with Crippen LogP contribution in [0.5, 0.6) is 0 Å². The number of rotatable bonds is 12. The number of allylic oxidation sites excluding steroid dienone is 1. The van der Waals surface area contributed by atoms with Gasteiger partial charge in [-0.3, -0.25) is 0 Å². The minimum absolute atomic E-state index is 0. The van der Waals surface area contributed by atoms with Crippen LogP contribution in [-0.4, -0.2) is 21.0 Å². The molecule has 0 spiro atoms. The highest BCUT2D eigenvalue weighted by Crippen LogP contribution is 2.11. The quantitative estimate of drug-likeness (QED) is 0.317. The van der Waals surface area contributed by atoms with Gasteiger partial charge in [0.1, 0.15) is 0 Å². The lowest BCUT2D eigenvalue weighted by atomic mass is 10.1. The van der Waals surface area contributed by atoms with Crippen LogP contribution in [0, 0.1) is 0 Å². The van der Waals surface area contributed by atoms with Gasteiger partial charge >= 0.3 is 5.97 Å². The minimum Gasteiger partial charge on any atom is -0.478 e. The smallest absolute Gasteiger partial charge is 0.330 e. The second-order valence-electron chi connectivity index (χ2n) is 5.92. The van der Waals surface area contributed by atoms with E-state index in [0.717, 1.165) is 12.8 Å². The van der Waals surface area contributed by atoms with Crippen molar-refractivity contribution >= 4 is 23.0 Å². The third kappa shape index (κ3) is 18.9. The van der Waals surface area contributed by atoms with Crippen LogP contribution in [-0.2, 0) is 4.79 Å². The molecule has 0 aliphatic carbocycles. The van der Waals surface area contributed by atoms with Crippen molar-refractivity contribution in [3.05, 3.63) is 30.4 Å². The highest BCUT2D eigenvalue weighted by Gasteiger charge is 1.97. The zero-order chi connectivity index (χ0) is 17.2. The Morgan fingerprint density at radius 2 is 1.58 bits per heavy atom. The fourth-order valence-electron chi connectivity index (χ4n) is 2.25. The standard InChI is InChI=1S/C16H30O2.C3H4N2.BrH/c1-3-4-5-6-7-8-9-10-11-12-13-14-15(2)16(17)18;1-2-5-3-4-1;/h14H,3-13H2,1-2H3,(H,17,18);1-3H,(H,4,5);1H. The number of imidazole rings is 1. The molecule has 0 saturated carbocycles. The fourth-order valence-corrected chi connectivity index (χ4v) is 2.25. The first-order valence-electron chi connectivity index (χ1n) is 9.01. The first-order valence-corrected chi connectivity index (χ1v) is 9.01. The Balaban J connectivity index is 0. The van der Waals surface area contributed by atoms with Crippen molar-refractivity contribution in [1.82, 2.24) is 9.97 Å². The zero-order valence-corrected chi connectivity index (χ0v) is 17.0. The number of nitrogens with one attached hydrogen (secondary N) is 1. The van der Waals surface area contributed by atoms with Gasteiger partial charge in [0.25, 0.3) is 0 Å². The number of aromatic amines is 1. The summed E-state index contributed by atoms with van der Waals surface area (Å²) >= 11 is 0. The SMILES string of the molecule is Br.CCCCCCCCCCCCC=C(C)C(=O)O.c1c[nH]cn1. The summed E-state index contributed by atoms with van der Waals surface area (Å²) in [5, 5.41) is 8.68. The van der Waals surface area contributed by atoms with Gasteiger partial charge in [-0.1, -0.05) is 70.8 Å². The molecule has 24 heavy (non-hydrogen) atoms. The van der Waals surface area contributed by atoms with E-state index in [0.29, 0.717) is 5.57 Å². The fraction of sp³-hybridized carbons (Fsp3) is 0.684. The van der Waals surface area contributed by atoms with Gasteiger partial charge in [-0.25, -0.2) is 9.78 Å². The largest absolute Gasteiger partial charge is 0.478 e. The van der Waals surface area contributed by atoms with Crippen LogP contribution in [0.1, 0.15) is 84.5 Å². The Kier molecular flexibility index (Phi) is 20.9. The number of carbonyl (C=O) groups is 1. The molecule has 0 radical (unpaired) electrons.